The summed E-state index contributed by atoms with van der Waals surface area (Å²) in [6, 6.07) is 4.81. The number of benzene rings is 1. The molecule has 4 amide bonds. The molecule has 0 bridgehead atoms. The van der Waals surface area contributed by atoms with Crippen molar-refractivity contribution in [1.82, 2.24) is 9.80 Å². The highest BCUT2D eigenvalue weighted by atomic mass is 16.2. The molecular formula is C44H78N4O4. The second-order valence-corrected chi connectivity index (χ2v) is 15.4. The molecule has 0 unspecified atom stereocenters. The SMILES string of the molecule is CCCCCCCCCCCCN(C(=O)c1ccc(C(=O)N(CCCCCCCCCCCC)C(=O)[C@@H](N)[C@@H](C)CC)cc1)C(=O)[C@@H](N)[C@@H](C)CC. The van der Waals surface area contributed by atoms with Crippen LogP contribution in [0.25, 0.3) is 0 Å². The van der Waals surface area contributed by atoms with Crippen LogP contribution in [-0.2, 0) is 9.59 Å². The number of nitrogens with zero attached hydrogens (tertiary/aromatic N) is 2. The fraction of sp³-hybridized carbons (Fsp3) is 0.773. The van der Waals surface area contributed by atoms with Gasteiger partial charge >= 0.3 is 0 Å². The Kier molecular flexibility index (Phi) is 26.3. The normalized spacial score (nSPS) is 13.7. The van der Waals surface area contributed by atoms with Crippen molar-refractivity contribution < 1.29 is 19.2 Å². The Morgan fingerprint density at radius 1 is 0.462 bits per heavy atom. The van der Waals surface area contributed by atoms with Crippen molar-refractivity contribution in [2.45, 2.75) is 195 Å². The lowest BCUT2D eigenvalue weighted by atomic mass is 9.98. The summed E-state index contributed by atoms with van der Waals surface area (Å²) in [6.07, 6.45) is 24.6. The van der Waals surface area contributed by atoms with E-state index in [2.05, 4.69) is 13.8 Å². The molecule has 298 valence electrons. The van der Waals surface area contributed by atoms with Gasteiger partial charge in [-0.25, -0.2) is 0 Å². The van der Waals surface area contributed by atoms with Crippen LogP contribution in [-0.4, -0.2) is 58.6 Å². The van der Waals surface area contributed by atoms with E-state index in [-0.39, 0.29) is 23.7 Å². The van der Waals surface area contributed by atoms with Crippen molar-refractivity contribution in [2.24, 2.45) is 23.3 Å². The number of carbonyl (C=O) groups is 4. The number of carbonyl (C=O) groups excluding carboxylic acids is 4. The quantitative estimate of drug-likeness (QED) is 0.0760. The van der Waals surface area contributed by atoms with E-state index < -0.39 is 23.9 Å². The predicted octanol–water partition coefficient (Wildman–Crippen LogP) is 10.2. The number of hydrogen-bond donors (Lipinski definition) is 2. The highest BCUT2D eigenvalue weighted by Crippen LogP contribution is 2.19. The molecular weight excluding hydrogens is 649 g/mol. The molecule has 0 aromatic heterocycles. The first-order valence-electron chi connectivity index (χ1n) is 21.4. The van der Waals surface area contributed by atoms with E-state index in [0.717, 1.165) is 64.2 Å². The molecule has 0 heterocycles. The first-order valence-corrected chi connectivity index (χ1v) is 21.4. The van der Waals surface area contributed by atoms with Crippen molar-refractivity contribution in [3.63, 3.8) is 0 Å². The molecule has 0 radical (unpaired) electrons. The summed E-state index contributed by atoms with van der Waals surface area (Å²) in [7, 11) is 0. The molecule has 4 N–H and O–H groups in total. The number of unbranched alkanes of at least 4 members (excludes halogenated alkanes) is 18. The highest BCUT2D eigenvalue weighted by Gasteiger charge is 2.32. The second-order valence-electron chi connectivity index (χ2n) is 15.4. The lowest BCUT2D eigenvalue weighted by Crippen LogP contribution is -2.50. The van der Waals surface area contributed by atoms with E-state index >= 15 is 0 Å². The monoisotopic (exact) mass is 727 g/mol. The van der Waals surface area contributed by atoms with E-state index in [1.807, 2.05) is 27.7 Å². The molecule has 8 nitrogen and oxygen atoms in total. The zero-order valence-corrected chi connectivity index (χ0v) is 34.3. The fourth-order valence-electron chi connectivity index (χ4n) is 6.56. The van der Waals surface area contributed by atoms with Crippen molar-refractivity contribution in [1.29, 1.82) is 0 Å². The Hall–Kier alpha value is -2.58. The van der Waals surface area contributed by atoms with Gasteiger partial charge in [-0.1, -0.05) is 170 Å². The number of hydrogen-bond acceptors (Lipinski definition) is 6. The van der Waals surface area contributed by atoms with Crippen molar-refractivity contribution >= 4 is 23.6 Å². The Bertz CT molecular complexity index is 1040. The van der Waals surface area contributed by atoms with Crippen LogP contribution < -0.4 is 11.5 Å². The van der Waals surface area contributed by atoms with Gasteiger partial charge in [0.15, 0.2) is 0 Å². The van der Waals surface area contributed by atoms with Gasteiger partial charge in [-0.3, -0.25) is 29.0 Å². The number of amides is 4. The fourth-order valence-corrected chi connectivity index (χ4v) is 6.56. The lowest BCUT2D eigenvalue weighted by Gasteiger charge is -2.27. The molecule has 0 saturated carbocycles. The maximum atomic E-state index is 13.8. The summed E-state index contributed by atoms with van der Waals surface area (Å²) in [5.41, 5.74) is 13.3. The van der Waals surface area contributed by atoms with Gasteiger partial charge < -0.3 is 11.5 Å². The van der Waals surface area contributed by atoms with Gasteiger partial charge in [0, 0.05) is 24.2 Å². The van der Waals surface area contributed by atoms with Crippen LogP contribution in [0.5, 0.6) is 0 Å². The summed E-state index contributed by atoms with van der Waals surface area (Å²) >= 11 is 0. The highest BCUT2D eigenvalue weighted by molar-refractivity contribution is 6.08. The van der Waals surface area contributed by atoms with Crippen LogP contribution in [0, 0.1) is 11.8 Å². The predicted molar refractivity (Wildman–Crippen MR) is 217 cm³/mol. The minimum absolute atomic E-state index is 0.0589. The Morgan fingerprint density at radius 3 is 0.962 bits per heavy atom. The molecule has 1 aromatic rings. The van der Waals surface area contributed by atoms with Crippen LogP contribution >= 0.6 is 0 Å². The average molecular weight is 727 g/mol. The molecule has 0 spiro atoms. The van der Waals surface area contributed by atoms with E-state index in [0.29, 0.717) is 24.2 Å². The molecule has 0 fully saturated rings. The van der Waals surface area contributed by atoms with Crippen molar-refractivity contribution in [3.05, 3.63) is 35.4 Å². The van der Waals surface area contributed by atoms with Crippen molar-refractivity contribution in [2.75, 3.05) is 13.1 Å². The number of imide groups is 2. The molecule has 8 heteroatoms. The first kappa shape index (κ1) is 47.4. The lowest BCUT2D eigenvalue weighted by molar-refractivity contribution is -0.132. The molecule has 0 aliphatic heterocycles. The van der Waals surface area contributed by atoms with Gasteiger partial charge in [0.2, 0.25) is 11.8 Å². The maximum Gasteiger partial charge on any atom is 0.260 e. The molecule has 0 aliphatic carbocycles. The average Bonchev–Trinajstić information content (AvgIpc) is 3.17. The van der Waals surface area contributed by atoms with Crippen LogP contribution in [0.15, 0.2) is 24.3 Å². The molecule has 1 rings (SSSR count). The minimum atomic E-state index is -0.766. The van der Waals surface area contributed by atoms with Gasteiger partial charge in [-0.2, -0.15) is 0 Å². The summed E-state index contributed by atoms with van der Waals surface area (Å²) in [6.45, 7) is 12.9. The third kappa shape index (κ3) is 18.0. The zero-order chi connectivity index (χ0) is 38.7. The molecule has 52 heavy (non-hydrogen) atoms. The van der Waals surface area contributed by atoms with E-state index in [4.69, 9.17) is 11.5 Å². The maximum absolute atomic E-state index is 13.8. The molecule has 1 aromatic carbocycles. The topological polar surface area (TPSA) is 127 Å². The Morgan fingerprint density at radius 2 is 0.712 bits per heavy atom. The Labute approximate surface area is 318 Å². The van der Waals surface area contributed by atoms with Gasteiger partial charge in [0.25, 0.3) is 11.8 Å². The van der Waals surface area contributed by atoms with Crippen LogP contribution in [0.4, 0.5) is 0 Å². The second kappa shape index (κ2) is 28.9. The third-order valence-electron chi connectivity index (χ3n) is 11.0. The number of nitrogens with two attached hydrogens (primary N) is 2. The standard InChI is InChI=1S/C44H78N4O4/c1-7-11-13-15-17-19-21-23-25-27-33-47(43(51)39(45)35(5)9-3)41(49)37-29-31-38(32-30-37)42(50)48(44(52)40(46)36(6)10-4)34-28-26-24-22-20-18-16-14-12-8-2/h29-32,35-36,39-40H,7-28,33-34,45-46H2,1-6H3/t35-,36-,39-,40-/m0/s1. The minimum Gasteiger partial charge on any atom is -0.320 e. The first-order chi connectivity index (χ1) is 25.0. The van der Waals surface area contributed by atoms with E-state index in [9.17, 15) is 19.2 Å². The summed E-state index contributed by atoms with van der Waals surface area (Å²) in [4.78, 5) is 57.3. The van der Waals surface area contributed by atoms with E-state index in [1.54, 1.807) is 24.3 Å². The van der Waals surface area contributed by atoms with Crippen LogP contribution in [0.1, 0.15) is 204 Å². The molecule has 0 aliphatic rings. The van der Waals surface area contributed by atoms with Gasteiger partial charge in [0.1, 0.15) is 0 Å². The van der Waals surface area contributed by atoms with E-state index in [1.165, 1.54) is 86.8 Å². The van der Waals surface area contributed by atoms with Gasteiger partial charge in [-0.15, -0.1) is 0 Å². The van der Waals surface area contributed by atoms with Gasteiger partial charge in [-0.05, 0) is 48.9 Å². The van der Waals surface area contributed by atoms with Crippen molar-refractivity contribution in [3.8, 4) is 0 Å². The zero-order valence-electron chi connectivity index (χ0n) is 34.3. The summed E-state index contributed by atoms with van der Waals surface area (Å²) in [5.74, 6) is -1.65. The molecule has 4 atom stereocenters. The third-order valence-corrected chi connectivity index (χ3v) is 11.0. The number of rotatable bonds is 30. The largest absolute Gasteiger partial charge is 0.320 e. The Balaban J connectivity index is 2.97. The van der Waals surface area contributed by atoms with Crippen LogP contribution in [0.3, 0.4) is 0 Å². The summed E-state index contributed by atoms with van der Waals surface area (Å²) < 4.78 is 0. The smallest absolute Gasteiger partial charge is 0.260 e. The van der Waals surface area contributed by atoms with Crippen LogP contribution in [0.2, 0.25) is 0 Å². The molecule has 0 saturated heterocycles. The summed E-state index contributed by atoms with van der Waals surface area (Å²) in [5, 5.41) is 0. The van der Waals surface area contributed by atoms with Gasteiger partial charge in [0.05, 0.1) is 12.1 Å².